The molecule has 1 unspecified atom stereocenters. The van der Waals surface area contributed by atoms with Gasteiger partial charge >= 0.3 is 5.97 Å². The van der Waals surface area contributed by atoms with Gasteiger partial charge in [0.25, 0.3) is 0 Å². The van der Waals surface area contributed by atoms with E-state index >= 15 is 0 Å². The maximum atomic E-state index is 13.5. The summed E-state index contributed by atoms with van der Waals surface area (Å²) in [6.07, 6.45) is 1.66. The summed E-state index contributed by atoms with van der Waals surface area (Å²) >= 11 is 12.2. The van der Waals surface area contributed by atoms with Crippen LogP contribution in [0.1, 0.15) is 42.2 Å². The Morgan fingerprint density at radius 3 is 2.22 bits per heavy atom. The Balaban J connectivity index is 0.00000320. The highest BCUT2D eigenvalue weighted by Gasteiger charge is 2.49. The lowest BCUT2D eigenvalue weighted by Gasteiger charge is -2.51. The number of carbonyl (C=O) groups excluding carboxylic acids is 2. The lowest BCUT2D eigenvalue weighted by molar-refractivity contribution is -0.938. The van der Waals surface area contributed by atoms with Crippen LogP contribution in [-0.2, 0) is 9.53 Å². The molecule has 2 bridgehead atoms. The van der Waals surface area contributed by atoms with E-state index in [4.69, 9.17) is 27.9 Å². The van der Waals surface area contributed by atoms with Crippen LogP contribution in [0, 0.1) is 5.92 Å². The topological polar surface area (TPSA) is 55.4 Å². The summed E-state index contributed by atoms with van der Waals surface area (Å²) < 4.78 is 6.83. The number of piperidine rings is 3. The molecule has 0 aliphatic carbocycles. The van der Waals surface area contributed by atoms with Gasteiger partial charge in [0.15, 0.2) is 12.1 Å². The number of Topliss-reactive ketones (excluding diaryl/α,β-unsaturated/α-hetero) is 1. The molecule has 1 N–H and O–H groups in total. The highest BCUT2D eigenvalue weighted by molar-refractivity contribution is 6.42. The second-order valence-corrected chi connectivity index (χ2v) is 10.7. The first-order valence-corrected chi connectivity index (χ1v) is 13.1. The zero-order valence-electron chi connectivity index (χ0n) is 19.9. The van der Waals surface area contributed by atoms with Crippen LogP contribution in [0.25, 0.3) is 0 Å². The molecule has 3 aromatic rings. The molecule has 3 aliphatic heterocycles. The van der Waals surface area contributed by atoms with Crippen molar-refractivity contribution in [1.29, 1.82) is 0 Å². The van der Waals surface area contributed by atoms with Gasteiger partial charge in [-0.2, -0.15) is 0 Å². The number of esters is 1. The number of nitrogens with one attached hydrogen (secondary N) is 1. The summed E-state index contributed by atoms with van der Waals surface area (Å²) in [6, 6.07) is 23.7. The lowest BCUT2D eigenvalue weighted by atomic mass is 9.82. The largest absolute Gasteiger partial charge is 0.454 e. The zero-order chi connectivity index (χ0) is 25.1. The van der Waals surface area contributed by atoms with Crippen LogP contribution < -0.4 is 5.32 Å². The van der Waals surface area contributed by atoms with E-state index in [1.807, 2.05) is 60.7 Å². The quantitative estimate of drug-likeness (QED) is 0.194. The molecule has 3 aliphatic rings. The van der Waals surface area contributed by atoms with Crippen molar-refractivity contribution in [3.05, 3.63) is 100 Å². The van der Waals surface area contributed by atoms with Gasteiger partial charge in [0.1, 0.15) is 13.1 Å². The Hall–Kier alpha value is -2.86. The van der Waals surface area contributed by atoms with Crippen molar-refractivity contribution in [2.75, 3.05) is 31.5 Å². The van der Waals surface area contributed by atoms with Gasteiger partial charge in [0.05, 0.1) is 23.1 Å². The molecular formula is C30H33Cl2N2O3+. The Morgan fingerprint density at radius 2 is 1.57 bits per heavy atom. The third-order valence-electron chi connectivity index (χ3n) is 7.48. The fourth-order valence-corrected chi connectivity index (χ4v) is 5.78. The van der Waals surface area contributed by atoms with Crippen molar-refractivity contribution in [1.82, 2.24) is 0 Å². The van der Waals surface area contributed by atoms with E-state index in [1.54, 1.807) is 18.2 Å². The molecule has 5 nitrogen and oxygen atoms in total. The van der Waals surface area contributed by atoms with Crippen molar-refractivity contribution in [2.24, 2.45) is 5.92 Å². The van der Waals surface area contributed by atoms with Gasteiger partial charge in [0.2, 0.25) is 5.78 Å². The number of carbonyl (C=O) groups is 2. The fourth-order valence-electron chi connectivity index (χ4n) is 5.48. The van der Waals surface area contributed by atoms with Crippen molar-refractivity contribution < 1.29 is 18.8 Å². The van der Waals surface area contributed by atoms with E-state index < -0.39 is 6.04 Å². The highest BCUT2D eigenvalue weighted by atomic mass is 35.5. The number of ketones is 1. The number of anilines is 1. The van der Waals surface area contributed by atoms with Gasteiger partial charge in [-0.15, -0.1) is 0 Å². The van der Waals surface area contributed by atoms with Crippen LogP contribution in [0.2, 0.25) is 10.0 Å². The molecule has 0 spiro atoms. The smallest absolute Gasteiger partial charge is 0.333 e. The van der Waals surface area contributed by atoms with Crippen LogP contribution in [-0.4, -0.2) is 48.5 Å². The Labute approximate surface area is 228 Å². The molecule has 7 heteroatoms. The van der Waals surface area contributed by atoms with E-state index in [0.717, 1.165) is 37.2 Å². The fraction of sp³-hybridized carbons (Fsp3) is 0.333. The standard InChI is InChI=1S/C29H29Cl2N2O3.CH4/c30-24-12-11-22(17-25(24)31)26(34)18-33-15-13-20(14-16-33)27(19-33)36-29(35)28(21-7-3-1-4-8-21)32-23-9-5-2-6-10-23;/h1-12,17,20,27-28,32H,13-16,18-19H2;1H4/q+1;/t20?,27-,28?,33?;/m0./s1. The third kappa shape index (κ3) is 6.18. The molecule has 3 heterocycles. The average molecular weight is 541 g/mol. The molecular weight excluding hydrogens is 507 g/mol. The Morgan fingerprint density at radius 1 is 0.919 bits per heavy atom. The molecule has 6 rings (SSSR count). The van der Waals surface area contributed by atoms with Gasteiger partial charge in [-0.1, -0.05) is 79.2 Å². The summed E-state index contributed by atoms with van der Waals surface area (Å²) in [5, 5.41) is 4.16. The second kappa shape index (κ2) is 11.7. The first-order valence-electron chi connectivity index (χ1n) is 12.3. The van der Waals surface area contributed by atoms with Crippen molar-refractivity contribution >= 4 is 40.6 Å². The molecule has 0 amide bonds. The summed E-state index contributed by atoms with van der Waals surface area (Å²) in [5.41, 5.74) is 2.27. The zero-order valence-corrected chi connectivity index (χ0v) is 21.4. The van der Waals surface area contributed by atoms with E-state index in [1.165, 1.54) is 0 Å². The summed E-state index contributed by atoms with van der Waals surface area (Å²) in [5.74, 6) is 0.0619. The van der Waals surface area contributed by atoms with Crippen molar-refractivity contribution in [3.63, 3.8) is 0 Å². The molecule has 0 aromatic heterocycles. The maximum absolute atomic E-state index is 13.5. The second-order valence-electron chi connectivity index (χ2n) is 9.85. The minimum atomic E-state index is -0.615. The number of fused-ring (bicyclic) bond motifs is 3. The number of halogens is 2. The summed E-state index contributed by atoms with van der Waals surface area (Å²) in [7, 11) is 0. The number of para-hydroxylation sites is 1. The van der Waals surface area contributed by atoms with Crippen LogP contribution in [0.5, 0.6) is 0 Å². The van der Waals surface area contributed by atoms with Gasteiger partial charge in [-0.25, -0.2) is 4.79 Å². The monoisotopic (exact) mass is 539 g/mol. The normalized spacial score (nSPS) is 23.0. The Kier molecular flexibility index (Phi) is 8.58. The number of rotatable bonds is 8. The Bertz CT molecular complexity index is 1230. The molecule has 3 saturated heterocycles. The van der Waals surface area contributed by atoms with Gasteiger partial charge in [-0.05, 0) is 35.9 Å². The SMILES string of the molecule is C.O=C(C[N+]12CCC(CC1)[C@@H](OC(=O)C(Nc1ccccc1)c1ccccc1)C2)c1ccc(Cl)c(Cl)c1. The maximum Gasteiger partial charge on any atom is 0.333 e. The van der Waals surface area contributed by atoms with Gasteiger partial charge < -0.3 is 14.5 Å². The van der Waals surface area contributed by atoms with Crippen LogP contribution in [0.15, 0.2) is 78.9 Å². The van der Waals surface area contributed by atoms with Crippen molar-refractivity contribution in [3.8, 4) is 0 Å². The van der Waals surface area contributed by atoms with Crippen LogP contribution in [0.3, 0.4) is 0 Å². The lowest BCUT2D eigenvalue weighted by Crippen LogP contribution is -2.65. The summed E-state index contributed by atoms with van der Waals surface area (Å²) in [6.45, 7) is 2.84. The molecule has 194 valence electrons. The highest BCUT2D eigenvalue weighted by Crippen LogP contribution is 2.37. The molecule has 3 fully saturated rings. The first-order chi connectivity index (χ1) is 17.4. The van der Waals surface area contributed by atoms with E-state index in [9.17, 15) is 9.59 Å². The van der Waals surface area contributed by atoms with Crippen molar-refractivity contribution in [2.45, 2.75) is 32.4 Å². The molecule has 0 radical (unpaired) electrons. The molecule has 0 saturated carbocycles. The minimum Gasteiger partial charge on any atom is -0.454 e. The van der Waals surface area contributed by atoms with Gasteiger partial charge in [0, 0.05) is 30.0 Å². The average Bonchev–Trinajstić information content (AvgIpc) is 2.90. The number of quaternary nitrogens is 1. The number of ether oxygens (including phenoxy) is 1. The number of benzene rings is 3. The number of nitrogens with zero attached hydrogens (tertiary/aromatic N) is 1. The van der Waals surface area contributed by atoms with Crippen LogP contribution >= 0.6 is 23.2 Å². The molecule has 37 heavy (non-hydrogen) atoms. The number of hydrogen-bond acceptors (Lipinski definition) is 4. The third-order valence-corrected chi connectivity index (χ3v) is 8.22. The minimum absolute atomic E-state index is 0. The predicted molar refractivity (Wildman–Crippen MR) is 149 cm³/mol. The predicted octanol–water partition coefficient (Wildman–Crippen LogP) is 6.82. The molecule has 3 aromatic carbocycles. The van der Waals surface area contributed by atoms with Crippen LogP contribution in [0.4, 0.5) is 5.69 Å². The van der Waals surface area contributed by atoms with Gasteiger partial charge in [-0.3, -0.25) is 4.79 Å². The summed E-state index contributed by atoms with van der Waals surface area (Å²) in [4.78, 5) is 26.7. The molecule has 2 atom stereocenters. The van der Waals surface area contributed by atoms with E-state index in [-0.39, 0.29) is 25.3 Å². The number of hydrogen-bond donors (Lipinski definition) is 1. The van der Waals surface area contributed by atoms with E-state index in [2.05, 4.69) is 5.32 Å². The first kappa shape index (κ1) is 27.2. The van der Waals surface area contributed by atoms with E-state index in [0.29, 0.717) is 39.1 Å².